The number of fused-ring (bicyclic) bond motifs is 9. The van der Waals surface area contributed by atoms with Crippen LogP contribution < -0.4 is 4.90 Å². The number of furan rings is 1. The lowest BCUT2D eigenvalue weighted by Gasteiger charge is -2.25. The molecule has 0 aliphatic heterocycles. The van der Waals surface area contributed by atoms with Gasteiger partial charge >= 0.3 is 0 Å². The van der Waals surface area contributed by atoms with Crippen molar-refractivity contribution in [3.63, 3.8) is 0 Å². The molecule has 0 saturated carbocycles. The van der Waals surface area contributed by atoms with Gasteiger partial charge in [-0.2, -0.15) is 0 Å². The zero-order valence-electron chi connectivity index (χ0n) is 57.1. The fourth-order valence-electron chi connectivity index (χ4n) is 18.0. The van der Waals surface area contributed by atoms with E-state index in [2.05, 4.69) is 351 Å². The van der Waals surface area contributed by atoms with Gasteiger partial charge in [-0.15, -0.1) is 0 Å². The Morgan fingerprint density at radius 2 is 0.557 bits per heavy atom. The molecule has 6 heterocycles. The van der Waals surface area contributed by atoms with Gasteiger partial charge in [-0.1, -0.05) is 206 Å². The maximum atomic E-state index is 6.56. The molecular formula is C98H59N7O. The lowest BCUT2D eigenvalue weighted by atomic mass is 9.93. The topological polar surface area (TPSA) is 61.9 Å². The van der Waals surface area contributed by atoms with Crippen LogP contribution in [0.15, 0.2) is 362 Å². The summed E-state index contributed by atoms with van der Waals surface area (Å²) in [5.41, 5.74) is 21.6. The number of anilines is 3. The van der Waals surface area contributed by atoms with Crippen molar-refractivity contribution in [3.05, 3.63) is 358 Å². The predicted octanol–water partition coefficient (Wildman–Crippen LogP) is 26.2. The Morgan fingerprint density at radius 3 is 1.04 bits per heavy atom. The van der Waals surface area contributed by atoms with E-state index in [-0.39, 0.29) is 0 Å². The van der Waals surface area contributed by atoms with E-state index in [1.165, 1.54) is 109 Å². The van der Waals surface area contributed by atoms with Crippen molar-refractivity contribution in [2.45, 2.75) is 0 Å². The minimum atomic E-state index is 0.809. The number of aromatic nitrogens is 6. The van der Waals surface area contributed by atoms with Crippen molar-refractivity contribution in [1.29, 1.82) is 0 Å². The summed E-state index contributed by atoms with van der Waals surface area (Å²) in [4.78, 5) is 13.1. The molecule has 492 valence electrons. The minimum absolute atomic E-state index is 0.809. The van der Waals surface area contributed by atoms with E-state index in [1.807, 2.05) is 30.3 Å². The van der Waals surface area contributed by atoms with E-state index in [9.17, 15) is 0 Å². The molecule has 106 heavy (non-hydrogen) atoms. The standard InChI is InChI=1S/C50H28N4O.C48H31N3/c1-3-13-29(14-4-1)49-50(52-38-21-9-8-20-37(38)51-49)54-40-23-12-18-32-34-27-36-31-17-7-10-24-43(31)55-44(36)28-35(34)33-19-11-22-39-45(33)47-41(25-26-42(54)48(47)46(32)40)53(39)30-15-5-2-6-16-30;1-4-14-32(15-5-1)49(33-16-6-2-7-17-33)35-28-30-36(31-29-35)51-43-26-12-22-39-37-20-10-24-41-45(37)46-38(40-23-13-27-44(51)48(40)47(39)43)21-11-25-42(46)50(41)34-18-8-3-9-19-34/h1-28H;1-31H. The molecule has 24 rings (SSSR count). The predicted molar refractivity (Wildman–Crippen MR) is 443 cm³/mol. The summed E-state index contributed by atoms with van der Waals surface area (Å²) < 4.78 is 16.2. The van der Waals surface area contributed by atoms with Crippen molar-refractivity contribution in [3.8, 4) is 34.1 Å². The fraction of sp³-hybridized carbons (Fsp3) is 0. The highest BCUT2D eigenvalue weighted by atomic mass is 16.3. The number of rotatable bonds is 8. The summed E-state index contributed by atoms with van der Waals surface area (Å²) in [6.45, 7) is 0. The van der Waals surface area contributed by atoms with Crippen LogP contribution in [0, 0.1) is 0 Å². The number of nitrogens with zero attached hydrogens (tertiary/aromatic N) is 7. The largest absolute Gasteiger partial charge is 0.456 e. The molecule has 0 bridgehead atoms. The number of hydrogen-bond acceptors (Lipinski definition) is 4. The van der Waals surface area contributed by atoms with Crippen LogP contribution in [0.4, 0.5) is 17.1 Å². The first-order chi connectivity index (χ1) is 52.6. The van der Waals surface area contributed by atoms with E-state index in [4.69, 9.17) is 14.4 Å². The molecule has 0 aliphatic rings. The Kier molecular flexibility index (Phi) is 12.4. The molecule has 0 aliphatic carbocycles. The third-order valence-corrected chi connectivity index (χ3v) is 22.3. The van der Waals surface area contributed by atoms with Gasteiger partial charge < -0.3 is 23.0 Å². The van der Waals surface area contributed by atoms with Crippen LogP contribution in [0.5, 0.6) is 0 Å². The molecule has 0 radical (unpaired) electrons. The molecule has 24 aromatic rings. The van der Waals surface area contributed by atoms with E-state index in [1.54, 1.807) is 0 Å². The lowest BCUT2D eigenvalue weighted by molar-refractivity contribution is 0.669. The Labute approximate surface area is 606 Å². The Hall–Kier alpha value is -14.3. The van der Waals surface area contributed by atoms with Gasteiger partial charge in [0.15, 0.2) is 5.82 Å². The van der Waals surface area contributed by atoms with Gasteiger partial charge in [-0.25, -0.2) is 9.97 Å². The maximum absolute atomic E-state index is 6.56. The summed E-state index contributed by atoms with van der Waals surface area (Å²) in [7, 11) is 0. The molecule has 18 aromatic carbocycles. The normalized spacial score (nSPS) is 12.2. The van der Waals surface area contributed by atoms with Crippen molar-refractivity contribution < 1.29 is 4.42 Å². The van der Waals surface area contributed by atoms with E-state index >= 15 is 0 Å². The second kappa shape index (κ2) is 22.6. The summed E-state index contributed by atoms with van der Waals surface area (Å²) in [5, 5.41) is 22.1. The number of benzene rings is 16. The second-order valence-corrected chi connectivity index (χ2v) is 27.8. The van der Waals surface area contributed by atoms with E-state index in [0.29, 0.717) is 0 Å². The molecule has 6 aromatic heterocycles. The first-order valence-corrected chi connectivity index (χ1v) is 36.2. The molecule has 0 unspecified atom stereocenters. The van der Waals surface area contributed by atoms with Gasteiger partial charge in [0.2, 0.25) is 0 Å². The van der Waals surface area contributed by atoms with Crippen LogP contribution in [-0.2, 0) is 0 Å². The van der Waals surface area contributed by atoms with Gasteiger partial charge in [0.25, 0.3) is 0 Å². The third-order valence-electron chi connectivity index (χ3n) is 22.3. The van der Waals surface area contributed by atoms with Crippen molar-refractivity contribution in [1.82, 2.24) is 28.2 Å². The Balaban J connectivity index is 0.000000129. The van der Waals surface area contributed by atoms with Gasteiger partial charge in [0, 0.05) is 93.6 Å². The van der Waals surface area contributed by atoms with Crippen LogP contribution in [0.2, 0.25) is 0 Å². The molecule has 0 N–H and O–H groups in total. The fourth-order valence-corrected chi connectivity index (χ4v) is 18.0. The molecule has 0 spiro atoms. The summed E-state index contributed by atoms with van der Waals surface area (Å²) in [5.74, 6) is 0.809. The Bertz CT molecular complexity index is 7500. The monoisotopic (exact) mass is 1350 g/mol. The van der Waals surface area contributed by atoms with Crippen LogP contribution >= 0.6 is 0 Å². The van der Waals surface area contributed by atoms with Crippen molar-refractivity contribution >= 4 is 180 Å². The molecular weight excluding hydrogens is 1290 g/mol. The smallest absolute Gasteiger partial charge is 0.165 e. The SMILES string of the molecule is c1ccc(-c2nc3ccccc3nc2-n2c3cccc4c5cc6c(cc5c5cccc7c5c5c(c43)c2ccc5n7-c2ccccc2)oc2ccccc26)cc1.c1ccc(N(c2ccccc2)c2ccc(-n3c4cccc5c6cccc7c6c6c(cccc6n7-c6ccccc6)c6cccc3c6c54)cc2)cc1. The highest BCUT2D eigenvalue weighted by Gasteiger charge is 2.29. The van der Waals surface area contributed by atoms with Crippen LogP contribution in [0.25, 0.3) is 197 Å². The Morgan fingerprint density at radius 1 is 0.217 bits per heavy atom. The average Bonchev–Trinajstić information content (AvgIpc) is 1.52. The molecule has 8 nitrogen and oxygen atoms in total. The second-order valence-electron chi connectivity index (χ2n) is 27.8. The zero-order valence-corrected chi connectivity index (χ0v) is 57.1. The van der Waals surface area contributed by atoms with Gasteiger partial charge in [-0.05, 0) is 195 Å². The molecule has 0 amide bonds. The zero-order chi connectivity index (χ0) is 69.2. The summed E-state index contributed by atoms with van der Waals surface area (Å²) >= 11 is 0. The summed E-state index contributed by atoms with van der Waals surface area (Å²) in [6, 6.07) is 129. The first-order valence-electron chi connectivity index (χ1n) is 36.2. The molecule has 0 fully saturated rings. The van der Waals surface area contributed by atoms with Gasteiger partial charge in [0.05, 0.1) is 55.2 Å². The van der Waals surface area contributed by atoms with Crippen molar-refractivity contribution in [2.24, 2.45) is 0 Å². The summed E-state index contributed by atoms with van der Waals surface area (Å²) in [6.07, 6.45) is 0. The quantitative estimate of drug-likeness (QED) is 0.152. The first kappa shape index (κ1) is 58.3. The van der Waals surface area contributed by atoms with Crippen LogP contribution in [0.3, 0.4) is 0 Å². The van der Waals surface area contributed by atoms with E-state index < -0.39 is 0 Å². The highest BCUT2D eigenvalue weighted by molar-refractivity contribution is 6.41. The molecule has 0 atom stereocenters. The van der Waals surface area contributed by atoms with Gasteiger partial charge in [-0.3, -0.25) is 4.57 Å². The van der Waals surface area contributed by atoms with E-state index in [0.717, 1.165) is 106 Å². The van der Waals surface area contributed by atoms with Crippen LogP contribution in [-0.4, -0.2) is 28.2 Å². The highest BCUT2D eigenvalue weighted by Crippen LogP contribution is 2.51. The van der Waals surface area contributed by atoms with Gasteiger partial charge in [0.1, 0.15) is 16.9 Å². The molecule has 0 saturated heterocycles. The number of para-hydroxylation sites is 7. The lowest BCUT2D eigenvalue weighted by Crippen LogP contribution is -2.09. The number of hydrogen-bond donors (Lipinski definition) is 0. The average molecular weight is 1350 g/mol. The maximum Gasteiger partial charge on any atom is 0.165 e. The molecule has 8 heteroatoms. The van der Waals surface area contributed by atoms with Crippen LogP contribution in [0.1, 0.15) is 0 Å². The van der Waals surface area contributed by atoms with Crippen molar-refractivity contribution in [2.75, 3.05) is 4.90 Å². The minimum Gasteiger partial charge on any atom is -0.456 e. The third kappa shape index (κ3) is 8.34.